The van der Waals surface area contributed by atoms with Gasteiger partial charge in [-0.15, -0.1) is 0 Å². The van der Waals surface area contributed by atoms with Crippen molar-refractivity contribution in [3.05, 3.63) is 29.3 Å². The molecule has 1 unspecified atom stereocenters. The number of nitrogens with one attached hydrogen (secondary N) is 2. The average Bonchev–Trinajstić information content (AvgIpc) is 3.04. The zero-order chi connectivity index (χ0) is 24.5. The fraction of sp³-hybridized carbons (Fsp3) is 0.542. The van der Waals surface area contributed by atoms with Crippen LogP contribution in [-0.2, 0) is 14.3 Å². The Balaban J connectivity index is 1.36. The normalized spacial score (nSPS) is 17.5. The summed E-state index contributed by atoms with van der Waals surface area (Å²) in [6, 6.07) is 4.08. The molecule has 1 saturated heterocycles. The number of carbonyl (C=O) groups excluding carboxylic acids is 5. The third kappa shape index (κ3) is 6.55. The minimum Gasteiger partial charge on any atom is -0.450 e. The number of hydrogen-bond donors (Lipinski definition) is 3. The number of carbonyl (C=O) groups is 5. The quantitative estimate of drug-likeness (QED) is 0.295. The Kier molecular flexibility index (Phi) is 9.00. The van der Waals surface area contributed by atoms with Gasteiger partial charge in [-0.05, 0) is 37.5 Å². The maximum absolute atomic E-state index is 12.9. The third-order valence-corrected chi connectivity index (χ3v) is 6.08. The fourth-order valence-electron chi connectivity index (χ4n) is 4.27. The Morgan fingerprint density at radius 1 is 0.971 bits per heavy atom. The van der Waals surface area contributed by atoms with Crippen LogP contribution in [0.2, 0.25) is 0 Å². The van der Waals surface area contributed by atoms with Crippen molar-refractivity contribution in [2.75, 3.05) is 18.5 Å². The van der Waals surface area contributed by atoms with Gasteiger partial charge in [0.25, 0.3) is 11.8 Å². The van der Waals surface area contributed by atoms with E-state index in [4.69, 9.17) is 10.5 Å². The largest absolute Gasteiger partial charge is 0.450 e. The summed E-state index contributed by atoms with van der Waals surface area (Å²) in [6.07, 6.45) is 8.01. The van der Waals surface area contributed by atoms with Crippen LogP contribution in [-0.4, -0.2) is 53.8 Å². The van der Waals surface area contributed by atoms with Crippen LogP contribution >= 0.6 is 0 Å². The van der Waals surface area contributed by atoms with Crippen molar-refractivity contribution in [2.24, 2.45) is 5.73 Å². The maximum Gasteiger partial charge on any atom is 0.404 e. The smallest absolute Gasteiger partial charge is 0.404 e. The first-order valence-corrected chi connectivity index (χ1v) is 11.9. The van der Waals surface area contributed by atoms with Gasteiger partial charge in [-0.1, -0.05) is 38.5 Å². The summed E-state index contributed by atoms with van der Waals surface area (Å²) in [5, 5.41) is 5.49. The van der Waals surface area contributed by atoms with E-state index in [1.165, 1.54) is 0 Å². The van der Waals surface area contributed by atoms with Crippen molar-refractivity contribution in [3.8, 4) is 0 Å². The minimum absolute atomic E-state index is 0.0997. The molecule has 10 heteroatoms. The van der Waals surface area contributed by atoms with Crippen LogP contribution in [0.1, 0.15) is 84.9 Å². The van der Waals surface area contributed by atoms with Gasteiger partial charge in [-0.25, -0.2) is 4.79 Å². The van der Waals surface area contributed by atoms with Gasteiger partial charge in [-0.2, -0.15) is 0 Å². The van der Waals surface area contributed by atoms with Crippen molar-refractivity contribution in [1.82, 2.24) is 10.2 Å². The summed E-state index contributed by atoms with van der Waals surface area (Å²) in [5.74, 6) is -2.00. The van der Waals surface area contributed by atoms with Gasteiger partial charge in [0.1, 0.15) is 6.04 Å². The molecule has 1 atom stereocenters. The van der Waals surface area contributed by atoms with Gasteiger partial charge in [0.2, 0.25) is 11.8 Å². The average molecular weight is 473 g/mol. The number of ether oxygens (including phenoxy) is 1. The van der Waals surface area contributed by atoms with E-state index in [-0.39, 0.29) is 24.0 Å². The molecule has 184 valence electrons. The van der Waals surface area contributed by atoms with Gasteiger partial charge in [0, 0.05) is 18.7 Å². The van der Waals surface area contributed by atoms with Crippen LogP contribution in [0.25, 0.3) is 0 Å². The number of imide groups is 2. The summed E-state index contributed by atoms with van der Waals surface area (Å²) < 4.78 is 4.69. The molecule has 2 aliphatic heterocycles. The number of piperidine rings is 1. The summed E-state index contributed by atoms with van der Waals surface area (Å²) in [4.78, 5) is 60.5. The van der Waals surface area contributed by atoms with Crippen molar-refractivity contribution in [3.63, 3.8) is 0 Å². The Bertz CT molecular complexity index is 947. The second-order valence-corrected chi connectivity index (χ2v) is 8.63. The van der Waals surface area contributed by atoms with Gasteiger partial charge in [-0.3, -0.25) is 29.4 Å². The Labute approximate surface area is 198 Å². The molecule has 0 aliphatic carbocycles. The van der Waals surface area contributed by atoms with E-state index in [2.05, 4.69) is 10.6 Å². The maximum atomic E-state index is 12.9. The molecule has 1 aromatic rings. The van der Waals surface area contributed by atoms with Gasteiger partial charge >= 0.3 is 6.09 Å². The molecule has 1 fully saturated rings. The lowest BCUT2D eigenvalue weighted by Crippen LogP contribution is -2.54. The number of rotatable bonds is 13. The van der Waals surface area contributed by atoms with Crippen LogP contribution in [0.5, 0.6) is 0 Å². The highest BCUT2D eigenvalue weighted by Gasteiger charge is 2.44. The highest BCUT2D eigenvalue weighted by atomic mass is 16.5. The zero-order valence-electron chi connectivity index (χ0n) is 19.3. The molecule has 4 N–H and O–H groups in total. The van der Waals surface area contributed by atoms with Crippen LogP contribution < -0.4 is 16.4 Å². The molecule has 0 spiro atoms. The number of hydrogen-bond acceptors (Lipinski definition) is 7. The monoisotopic (exact) mass is 472 g/mol. The predicted molar refractivity (Wildman–Crippen MR) is 124 cm³/mol. The SMILES string of the molecule is NC(=O)OCCCCCCCCCCNc1ccc2c(c1)C(=O)N(C1CCC(=O)NC1=O)C2=O. The standard InChI is InChI=1S/C24H32N4O6/c25-24(33)34-14-8-6-4-2-1-3-5-7-13-26-16-9-10-17-18(15-16)23(32)28(22(17)31)19-11-12-20(29)27-21(19)30/h9-10,15,19,26H,1-8,11-14H2,(H2,25,33)(H,27,29,30). The molecular weight excluding hydrogens is 440 g/mol. The highest BCUT2D eigenvalue weighted by Crippen LogP contribution is 2.29. The van der Waals surface area contributed by atoms with Crippen molar-refractivity contribution in [2.45, 2.75) is 70.3 Å². The number of amides is 5. The summed E-state index contributed by atoms with van der Waals surface area (Å²) in [5.41, 5.74) is 6.22. The second-order valence-electron chi connectivity index (χ2n) is 8.63. The number of fused-ring (bicyclic) bond motifs is 1. The molecule has 0 radical (unpaired) electrons. The molecular formula is C24H32N4O6. The molecule has 1 aromatic carbocycles. The van der Waals surface area contributed by atoms with E-state index in [1.54, 1.807) is 18.2 Å². The molecule has 3 rings (SSSR count). The molecule has 10 nitrogen and oxygen atoms in total. The van der Waals surface area contributed by atoms with Crippen LogP contribution in [0.15, 0.2) is 18.2 Å². The lowest BCUT2D eigenvalue weighted by molar-refractivity contribution is -0.136. The van der Waals surface area contributed by atoms with E-state index < -0.39 is 35.8 Å². The van der Waals surface area contributed by atoms with E-state index in [9.17, 15) is 24.0 Å². The second kappa shape index (κ2) is 12.2. The predicted octanol–water partition coefficient (Wildman–Crippen LogP) is 2.72. The first kappa shape index (κ1) is 25.2. The van der Waals surface area contributed by atoms with Gasteiger partial charge < -0.3 is 15.8 Å². The van der Waals surface area contributed by atoms with Crippen LogP contribution in [0.4, 0.5) is 10.5 Å². The van der Waals surface area contributed by atoms with Crippen LogP contribution in [0, 0.1) is 0 Å². The Morgan fingerprint density at radius 3 is 2.29 bits per heavy atom. The fourth-order valence-corrected chi connectivity index (χ4v) is 4.27. The molecule has 0 saturated carbocycles. The van der Waals surface area contributed by atoms with Gasteiger partial charge in [0.15, 0.2) is 0 Å². The van der Waals surface area contributed by atoms with E-state index >= 15 is 0 Å². The lowest BCUT2D eigenvalue weighted by atomic mass is 10.0. The van der Waals surface area contributed by atoms with Crippen molar-refractivity contribution >= 4 is 35.4 Å². The molecule has 2 heterocycles. The first-order chi connectivity index (χ1) is 16.4. The third-order valence-electron chi connectivity index (χ3n) is 6.08. The molecule has 34 heavy (non-hydrogen) atoms. The number of nitrogens with two attached hydrogens (primary N) is 1. The Morgan fingerprint density at radius 2 is 1.62 bits per heavy atom. The molecule has 0 bridgehead atoms. The topological polar surface area (TPSA) is 148 Å². The molecule has 2 aliphatic rings. The zero-order valence-corrected chi connectivity index (χ0v) is 19.3. The number of anilines is 1. The van der Waals surface area contributed by atoms with E-state index in [0.717, 1.165) is 68.5 Å². The van der Waals surface area contributed by atoms with E-state index in [1.807, 2.05) is 0 Å². The summed E-state index contributed by atoms with van der Waals surface area (Å²) in [6.45, 7) is 1.14. The summed E-state index contributed by atoms with van der Waals surface area (Å²) in [7, 11) is 0. The van der Waals surface area contributed by atoms with Gasteiger partial charge in [0.05, 0.1) is 17.7 Å². The number of benzene rings is 1. The Hall–Kier alpha value is -3.43. The van der Waals surface area contributed by atoms with Crippen molar-refractivity contribution < 1.29 is 28.7 Å². The molecule has 5 amide bonds. The minimum atomic E-state index is -0.954. The van der Waals surface area contributed by atoms with Crippen molar-refractivity contribution in [1.29, 1.82) is 0 Å². The first-order valence-electron chi connectivity index (χ1n) is 11.9. The highest BCUT2D eigenvalue weighted by molar-refractivity contribution is 6.23. The number of primary amides is 1. The van der Waals surface area contributed by atoms with E-state index in [0.29, 0.717) is 6.61 Å². The number of unbranched alkanes of at least 4 members (excludes halogenated alkanes) is 7. The summed E-state index contributed by atoms with van der Waals surface area (Å²) >= 11 is 0. The molecule has 0 aromatic heterocycles. The van der Waals surface area contributed by atoms with Crippen LogP contribution in [0.3, 0.4) is 0 Å². The number of nitrogens with zero attached hydrogens (tertiary/aromatic N) is 1. The lowest BCUT2D eigenvalue weighted by Gasteiger charge is -2.27.